The zero-order valence-electron chi connectivity index (χ0n) is 10.3. The van der Waals surface area contributed by atoms with Crippen LogP contribution < -0.4 is 0 Å². The van der Waals surface area contributed by atoms with E-state index in [9.17, 15) is 14.0 Å². The number of ketones is 2. The van der Waals surface area contributed by atoms with Gasteiger partial charge in [-0.25, -0.2) is 4.39 Å². The van der Waals surface area contributed by atoms with E-state index in [0.29, 0.717) is 11.1 Å². The van der Waals surface area contributed by atoms with E-state index in [0.717, 1.165) is 0 Å². The Morgan fingerprint density at radius 1 is 0.947 bits per heavy atom. The van der Waals surface area contributed by atoms with Crippen LogP contribution in [0.3, 0.4) is 0 Å². The van der Waals surface area contributed by atoms with E-state index in [4.69, 9.17) is 0 Å². The van der Waals surface area contributed by atoms with Crippen molar-refractivity contribution >= 4 is 11.6 Å². The summed E-state index contributed by atoms with van der Waals surface area (Å²) >= 11 is 0. The van der Waals surface area contributed by atoms with Gasteiger partial charge in [-0.1, -0.05) is 0 Å². The first kappa shape index (κ1) is 13.1. The second-order valence-corrected chi connectivity index (χ2v) is 4.19. The van der Waals surface area contributed by atoms with Gasteiger partial charge < -0.3 is 0 Å². The third kappa shape index (κ3) is 2.91. The van der Waals surface area contributed by atoms with Crippen molar-refractivity contribution in [3.63, 3.8) is 0 Å². The Morgan fingerprint density at radius 2 is 1.42 bits per heavy atom. The molecule has 1 atom stereocenters. The number of Topliss-reactive ketones (excluding diaryl/α,β-unsaturated/α-hetero) is 2. The molecular weight excluding hydrogens is 245 g/mol. The Labute approximate surface area is 110 Å². The number of hydrogen-bond acceptors (Lipinski definition) is 3. The van der Waals surface area contributed by atoms with E-state index in [-0.39, 0.29) is 11.6 Å². The van der Waals surface area contributed by atoms with Gasteiger partial charge in [-0.3, -0.25) is 14.6 Å². The number of benzene rings is 1. The van der Waals surface area contributed by atoms with Crippen molar-refractivity contribution in [3.05, 3.63) is 65.7 Å². The molecule has 0 fully saturated rings. The van der Waals surface area contributed by atoms with E-state index in [2.05, 4.69) is 4.98 Å². The normalized spacial score (nSPS) is 11.9. The highest BCUT2D eigenvalue weighted by Crippen LogP contribution is 2.14. The minimum atomic E-state index is -0.798. The lowest BCUT2D eigenvalue weighted by molar-refractivity contribution is 0.0820. The molecule has 0 saturated heterocycles. The SMILES string of the molecule is CC(C(=O)c1ccncc1)C(=O)c1ccc(F)cc1. The van der Waals surface area contributed by atoms with Crippen LogP contribution in [0.4, 0.5) is 4.39 Å². The highest BCUT2D eigenvalue weighted by atomic mass is 19.1. The standard InChI is InChI=1S/C15H12FNO2/c1-10(15(19)12-6-8-17-9-7-12)14(18)11-2-4-13(16)5-3-11/h2-10H,1H3. The van der Waals surface area contributed by atoms with Gasteiger partial charge >= 0.3 is 0 Å². The number of aromatic nitrogens is 1. The van der Waals surface area contributed by atoms with Crippen molar-refractivity contribution in [2.24, 2.45) is 5.92 Å². The van der Waals surface area contributed by atoms with Crippen molar-refractivity contribution in [2.45, 2.75) is 6.92 Å². The zero-order valence-corrected chi connectivity index (χ0v) is 10.3. The largest absolute Gasteiger partial charge is 0.293 e. The van der Waals surface area contributed by atoms with Crippen LogP contribution in [0.1, 0.15) is 27.6 Å². The van der Waals surface area contributed by atoms with Gasteiger partial charge in [-0.05, 0) is 43.3 Å². The maximum absolute atomic E-state index is 12.8. The van der Waals surface area contributed by atoms with Gasteiger partial charge in [0.25, 0.3) is 0 Å². The molecule has 0 aliphatic rings. The first-order valence-electron chi connectivity index (χ1n) is 5.83. The molecule has 0 spiro atoms. The van der Waals surface area contributed by atoms with Crippen molar-refractivity contribution < 1.29 is 14.0 Å². The maximum Gasteiger partial charge on any atom is 0.173 e. The highest BCUT2D eigenvalue weighted by Gasteiger charge is 2.23. The second-order valence-electron chi connectivity index (χ2n) is 4.19. The molecule has 96 valence electrons. The van der Waals surface area contributed by atoms with Gasteiger partial charge in [0.2, 0.25) is 0 Å². The van der Waals surface area contributed by atoms with Gasteiger partial charge in [0.05, 0.1) is 5.92 Å². The van der Waals surface area contributed by atoms with E-state index in [1.54, 1.807) is 19.1 Å². The molecule has 0 bridgehead atoms. The summed E-state index contributed by atoms with van der Waals surface area (Å²) < 4.78 is 12.8. The monoisotopic (exact) mass is 257 g/mol. The number of rotatable bonds is 4. The first-order valence-corrected chi connectivity index (χ1v) is 5.83. The highest BCUT2D eigenvalue weighted by molar-refractivity contribution is 6.15. The van der Waals surface area contributed by atoms with Crippen LogP contribution in [0, 0.1) is 11.7 Å². The van der Waals surface area contributed by atoms with Gasteiger partial charge in [0.1, 0.15) is 5.82 Å². The molecular formula is C15H12FNO2. The quantitative estimate of drug-likeness (QED) is 0.625. The number of pyridine rings is 1. The van der Waals surface area contributed by atoms with Crippen molar-refractivity contribution in [3.8, 4) is 0 Å². The molecule has 0 N–H and O–H groups in total. The maximum atomic E-state index is 12.8. The lowest BCUT2D eigenvalue weighted by atomic mass is 9.92. The lowest BCUT2D eigenvalue weighted by Gasteiger charge is -2.09. The minimum Gasteiger partial charge on any atom is -0.293 e. The fraction of sp³-hybridized carbons (Fsp3) is 0.133. The Hall–Kier alpha value is -2.36. The molecule has 0 saturated carbocycles. The van der Waals surface area contributed by atoms with Crippen LogP contribution in [0.15, 0.2) is 48.8 Å². The number of halogens is 1. The Balaban J connectivity index is 2.20. The minimum absolute atomic E-state index is 0.267. The number of carbonyl (C=O) groups excluding carboxylic acids is 2. The molecule has 1 aromatic carbocycles. The molecule has 1 heterocycles. The molecule has 0 amide bonds. The second kappa shape index (κ2) is 5.52. The topological polar surface area (TPSA) is 47.0 Å². The molecule has 3 nitrogen and oxygen atoms in total. The summed E-state index contributed by atoms with van der Waals surface area (Å²) in [6, 6.07) is 8.31. The summed E-state index contributed by atoms with van der Waals surface area (Å²) in [6.07, 6.45) is 3.00. The average Bonchev–Trinajstić information content (AvgIpc) is 2.46. The summed E-state index contributed by atoms with van der Waals surface area (Å²) in [5.41, 5.74) is 0.772. The molecule has 19 heavy (non-hydrogen) atoms. The van der Waals surface area contributed by atoms with Crippen molar-refractivity contribution in [1.29, 1.82) is 0 Å². The van der Waals surface area contributed by atoms with Crippen LogP contribution in [0.25, 0.3) is 0 Å². The smallest absolute Gasteiger partial charge is 0.173 e. The Kier molecular flexibility index (Phi) is 3.80. The van der Waals surface area contributed by atoms with Crippen molar-refractivity contribution in [1.82, 2.24) is 4.98 Å². The summed E-state index contributed by atoms with van der Waals surface area (Å²) in [7, 11) is 0. The fourth-order valence-electron chi connectivity index (χ4n) is 1.75. The van der Waals surface area contributed by atoms with Gasteiger partial charge in [-0.2, -0.15) is 0 Å². The zero-order chi connectivity index (χ0) is 13.8. The van der Waals surface area contributed by atoms with Gasteiger partial charge in [0, 0.05) is 23.5 Å². The summed E-state index contributed by atoms with van der Waals surface area (Å²) in [5, 5.41) is 0. The summed E-state index contributed by atoms with van der Waals surface area (Å²) in [6.45, 7) is 1.55. The molecule has 1 unspecified atom stereocenters. The van der Waals surface area contributed by atoms with Gasteiger partial charge in [-0.15, -0.1) is 0 Å². The van der Waals surface area contributed by atoms with Crippen LogP contribution in [0.2, 0.25) is 0 Å². The molecule has 2 aromatic rings. The van der Waals surface area contributed by atoms with E-state index < -0.39 is 11.7 Å². The summed E-state index contributed by atoms with van der Waals surface area (Å²) in [4.78, 5) is 28.0. The molecule has 0 radical (unpaired) electrons. The third-order valence-electron chi connectivity index (χ3n) is 2.88. The average molecular weight is 257 g/mol. The third-order valence-corrected chi connectivity index (χ3v) is 2.88. The number of nitrogens with zero attached hydrogens (tertiary/aromatic N) is 1. The predicted octanol–water partition coefficient (Wildman–Crippen LogP) is 2.92. The van der Waals surface area contributed by atoms with Crippen LogP contribution >= 0.6 is 0 Å². The van der Waals surface area contributed by atoms with Crippen molar-refractivity contribution in [2.75, 3.05) is 0 Å². The molecule has 0 aliphatic carbocycles. The van der Waals surface area contributed by atoms with Crippen LogP contribution in [0.5, 0.6) is 0 Å². The predicted molar refractivity (Wildman–Crippen MR) is 68.5 cm³/mol. The van der Waals surface area contributed by atoms with E-state index in [1.165, 1.54) is 36.7 Å². The van der Waals surface area contributed by atoms with Crippen LogP contribution in [-0.4, -0.2) is 16.6 Å². The Morgan fingerprint density at radius 3 is 1.95 bits per heavy atom. The van der Waals surface area contributed by atoms with E-state index >= 15 is 0 Å². The molecule has 4 heteroatoms. The van der Waals surface area contributed by atoms with Gasteiger partial charge in [0.15, 0.2) is 11.6 Å². The molecule has 1 aromatic heterocycles. The molecule has 0 aliphatic heterocycles. The number of carbonyl (C=O) groups is 2. The van der Waals surface area contributed by atoms with Crippen LogP contribution in [-0.2, 0) is 0 Å². The Bertz CT molecular complexity index is 593. The molecule has 2 rings (SSSR count). The lowest BCUT2D eigenvalue weighted by Crippen LogP contribution is -2.21. The first-order chi connectivity index (χ1) is 9.09. The fourth-order valence-corrected chi connectivity index (χ4v) is 1.75. The van der Waals surface area contributed by atoms with E-state index in [1.807, 2.05) is 0 Å². The summed E-state index contributed by atoms with van der Waals surface area (Å²) in [5.74, 6) is -1.80. The number of hydrogen-bond donors (Lipinski definition) is 0.